The van der Waals surface area contributed by atoms with Crippen molar-refractivity contribution in [2.24, 2.45) is 0 Å². The highest BCUT2D eigenvalue weighted by Crippen LogP contribution is 2.45. The molecule has 0 bridgehead atoms. The molecule has 2 aliphatic carbocycles. The van der Waals surface area contributed by atoms with Crippen LogP contribution in [0.3, 0.4) is 0 Å². The van der Waals surface area contributed by atoms with Crippen LogP contribution in [0.4, 0.5) is 0 Å². The zero-order valence-electron chi connectivity index (χ0n) is 11.3. The summed E-state index contributed by atoms with van der Waals surface area (Å²) in [5, 5.41) is 14.0. The van der Waals surface area contributed by atoms with E-state index in [4.69, 9.17) is 4.98 Å². The summed E-state index contributed by atoms with van der Waals surface area (Å²) in [6.07, 6.45) is 8.40. The lowest BCUT2D eigenvalue weighted by molar-refractivity contribution is 0.0272. The monoisotopic (exact) mass is 278 g/mol. The minimum atomic E-state index is -0.114. The highest BCUT2D eigenvalue weighted by Gasteiger charge is 2.49. The van der Waals surface area contributed by atoms with E-state index in [1.54, 1.807) is 0 Å². The summed E-state index contributed by atoms with van der Waals surface area (Å²) in [6.45, 7) is 1.98. The average molecular weight is 278 g/mol. The molecule has 1 N–H and O–H groups in total. The van der Waals surface area contributed by atoms with Crippen LogP contribution >= 0.6 is 11.3 Å². The van der Waals surface area contributed by atoms with Crippen LogP contribution in [0.25, 0.3) is 0 Å². The van der Waals surface area contributed by atoms with E-state index in [0.29, 0.717) is 0 Å². The van der Waals surface area contributed by atoms with Crippen LogP contribution in [0.15, 0.2) is 5.38 Å². The van der Waals surface area contributed by atoms with Crippen molar-refractivity contribution in [2.75, 3.05) is 6.54 Å². The quantitative estimate of drug-likeness (QED) is 0.923. The van der Waals surface area contributed by atoms with E-state index >= 15 is 0 Å². The Morgan fingerprint density at radius 2 is 2.11 bits per heavy atom. The molecular weight excluding hydrogens is 256 g/mol. The van der Waals surface area contributed by atoms with Crippen LogP contribution in [-0.4, -0.2) is 33.2 Å². The van der Waals surface area contributed by atoms with Crippen molar-refractivity contribution in [3.8, 4) is 0 Å². The van der Waals surface area contributed by atoms with E-state index in [1.807, 2.05) is 11.3 Å². The topological polar surface area (TPSA) is 36.4 Å². The Kier molecular flexibility index (Phi) is 2.94. The summed E-state index contributed by atoms with van der Waals surface area (Å²) < 4.78 is 0. The molecule has 1 aromatic rings. The van der Waals surface area contributed by atoms with Gasteiger partial charge < -0.3 is 5.11 Å². The molecule has 1 aromatic heterocycles. The molecule has 1 unspecified atom stereocenters. The number of rotatable bonds is 3. The number of aliphatic hydroxyl groups is 1. The van der Waals surface area contributed by atoms with Crippen LogP contribution in [-0.2, 0) is 6.54 Å². The first-order chi connectivity index (χ1) is 9.28. The van der Waals surface area contributed by atoms with E-state index < -0.39 is 0 Å². The molecule has 2 heterocycles. The molecule has 4 rings (SSSR count). The molecule has 19 heavy (non-hydrogen) atoms. The molecule has 104 valence electrons. The lowest BCUT2D eigenvalue weighted by Crippen LogP contribution is -2.47. The number of likely N-dealkylation sites (tertiary alicyclic amines) is 1. The van der Waals surface area contributed by atoms with Gasteiger partial charge in [-0.2, -0.15) is 0 Å². The molecule has 4 heteroatoms. The van der Waals surface area contributed by atoms with Crippen molar-refractivity contribution in [2.45, 2.75) is 69.1 Å². The fourth-order valence-corrected chi connectivity index (χ4v) is 4.94. The van der Waals surface area contributed by atoms with Crippen molar-refractivity contribution in [1.29, 1.82) is 0 Å². The molecule has 3 fully saturated rings. The second-order valence-electron chi connectivity index (χ2n) is 6.49. The standard InChI is InChI=1S/C15H22N2OS/c18-13-5-8-17(15(13)6-1-2-7-15)9-12-10-19-14(16-12)11-3-4-11/h10-11,13,18H,1-9H2. The lowest BCUT2D eigenvalue weighted by Gasteiger charge is -2.37. The van der Waals surface area contributed by atoms with Gasteiger partial charge in [0.05, 0.1) is 16.8 Å². The molecule has 0 radical (unpaired) electrons. The summed E-state index contributed by atoms with van der Waals surface area (Å²) >= 11 is 1.83. The van der Waals surface area contributed by atoms with E-state index in [1.165, 1.54) is 49.2 Å². The first kappa shape index (κ1) is 12.3. The number of hydrogen-bond acceptors (Lipinski definition) is 4. The summed E-state index contributed by atoms with van der Waals surface area (Å²) in [6, 6.07) is 0. The van der Waals surface area contributed by atoms with Crippen molar-refractivity contribution in [1.82, 2.24) is 9.88 Å². The van der Waals surface area contributed by atoms with Crippen LogP contribution in [0.2, 0.25) is 0 Å². The number of aromatic nitrogens is 1. The van der Waals surface area contributed by atoms with E-state index in [2.05, 4.69) is 10.3 Å². The van der Waals surface area contributed by atoms with Gasteiger partial charge in [-0.1, -0.05) is 12.8 Å². The van der Waals surface area contributed by atoms with Crippen molar-refractivity contribution in [3.05, 3.63) is 16.1 Å². The van der Waals surface area contributed by atoms with Gasteiger partial charge >= 0.3 is 0 Å². The van der Waals surface area contributed by atoms with E-state index in [0.717, 1.165) is 25.4 Å². The Bertz CT molecular complexity index is 462. The molecule has 0 amide bonds. The molecule has 0 aromatic carbocycles. The highest BCUT2D eigenvalue weighted by atomic mass is 32.1. The third-order valence-corrected chi connectivity index (χ3v) is 6.30. The Balaban J connectivity index is 1.51. The van der Waals surface area contributed by atoms with Crippen LogP contribution in [0.1, 0.15) is 61.6 Å². The SMILES string of the molecule is OC1CCN(Cc2csc(C3CC3)n2)C12CCCC2. The largest absolute Gasteiger partial charge is 0.391 e. The number of nitrogens with zero attached hydrogens (tertiary/aromatic N) is 2. The van der Waals surface area contributed by atoms with Gasteiger partial charge in [0, 0.05) is 29.9 Å². The van der Waals surface area contributed by atoms with Gasteiger partial charge in [0.25, 0.3) is 0 Å². The predicted octanol–water partition coefficient (Wildman–Crippen LogP) is 2.90. The first-order valence-electron chi connectivity index (χ1n) is 7.65. The Hall–Kier alpha value is -0.450. The Morgan fingerprint density at radius 3 is 2.84 bits per heavy atom. The fraction of sp³-hybridized carbons (Fsp3) is 0.800. The maximum atomic E-state index is 10.4. The highest BCUT2D eigenvalue weighted by molar-refractivity contribution is 7.09. The fourth-order valence-electron chi connectivity index (χ4n) is 3.96. The van der Waals surface area contributed by atoms with Gasteiger partial charge in [-0.25, -0.2) is 4.98 Å². The molecule has 1 spiro atoms. The number of aliphatic hydroxyl groups excluding tert-OH is 1. The molecule has 2 saturated carbocycles. The molecule has 1 saturated heterocycles. The Morgan fingerprint density at radius 1 is 1.32 bits per heavy atom. The maximum Gasteiger partial charge on any atom is 0.0959 e. The van der Waals surface area contributed by atoms with Crippen molar-refractivity contribution < 1.29 is 5.11 Å². The minimum Gasteiger partial charge on any atom is -0.391 e. The van der Waals surface area contributed by atoms with Gasteiger partial charge in [-0.05, 0) is 32.1 Å². The smallest absolute Gasteiger partial charge is 0.0959 e. The average Bonchev–Trinajstić information content (AvgIpc) is 2.88. The van der Waals surface area contributed by atoms with Gasteiger partial charge in [0.2, 0.25) is 0 Å². The summed E-state index contributed by atoms with van der Waals surface area (Å²) in [4.78, 5) is 7.33. The van der Waals surface area contributed by atoms with E-state index in [9.17, 15) is 5.11 Å². The summed E-state index contributed by atoms with van der Waals surface area (Å²) in [5.41, 5.74) is 1.32. The van der Waals surface area contributed by atoms with Crippen molar-refractivity contribution in [3.63, 3.8) is 0 Å². The lowest BCUT2D eigenvalue weighted by atomic mass is 9.91. The first-order valence-corrected chi connectivity index (χ1v) is 8.53. The normalized spacial score (nSPS) is 30.5. The molecular formula is C15H22N2OS. The van der Waals surface area contributed by atoms with E-state index in [-0.39, 0.29) is 11.6 Å². The predicted molar refractivity (Wildman–Crippen MR) is 76.3 cm³/mol. The second kappa shape index (κ2) is 4.54. The molecule has 3 aliphatic rings. The van der Waals surface area contributed by atoms with Crippen LogP contribution in [0.5, 0.6) is 0 Å². The summed E-state index contributed by atoms with van der Waals surface area (Å²) in [7, 11) is 0. The minimum absolute atomic E-state index is 0.0867. The second-order valence-corrected chi connectivity index (χ2v) is 7.38. The van der Waals surface area contributed by atoms with Gasteiger partial charge in [-0.15, -0.1) is 11.3 Å². The molecule has 3 nitrogen and oxygen atoms in total. The zero-order chi connectivity index (χ0) is 12.9. The number of thiazole rings is 1. The van der Waals surface area contributed by atoms with Gasteiger partial charge in [0.15, 0.2) is 0 Å². The van der Waals surface area contributed by atoms with Crippen LogP contribution < -0.4 is 0 Å². The van der Waals surface area contributed by atoms with Crippen LogP contribution in [0, 0.1) is 0 Å². The molecule has 1 atom stereocenters. The van der Waals surface area contributed by atoms with Gasteiger partial charge in [-0.3, -0.25) is 4.90 Å². The Labute approximate surface area is 118 Å². The third-order valence-electron chi connectivity index (χ3n) is 5.24. The third kappa shape index (κ3) is 2.05. The van der Waals surface area contributed by atoms with Crippen molar-refractivity contribution >= 4 is 11.3 Å². The maximum absolute atomic E-state index is 10.4. The summed E-state index contributed by atoms with van der Waals surface area (Å²) in [5.74, 6) is 0.767. The number of hydrogen-bond donors (Lipinski definition) is 1. The molecule has 1 aliphatic heterocycles. The van der Waals surface area contributed by atoms with Gasteiger partial charge in [0.1, 0.15) is 0 Å². The zero-order valence-corrected chi connectivity index (χ0v) is 12.2.